The first-order chi connectivity index (χ1) is 10.3. The van der Waals surface area contributed by atoms with Gasteiger partial charge in [-0.2, -0.15) is 0 Å². The summed E-state index contributed by atoms with van der Waals surface area (Å²) in [4.78, 5) is 9.99. The molecule has 0 spiro atoms. The summed E-state index contributed by atoms with van der Waals surface area (Å²) in [6, 6.07) is 4.91. The maximum Gasteiger partial charge on any atom is 0.165 e. The molecule has 112 valence electrons. The second kappa shape index (κ2) is 6.24. The number of aromatic nitrogens is 2. The molecule has 2 aromatic rings. The van der Waals surface area contributed by atoms with Gasteiger partial charge in [-0.1, -0.05) is 0 Å². The van der Waals surface area contributed by atoms with Crippen LogP contribution in [0.4, 0.5) is 4.39 Å². The van der Waals surface area contributed by atoms with E-state index in [4.69, 9.17) is 4.74 Å². The Hall–Kier alpha value is -1.92. The van der Waals surface area contributed by atoms with E-state index in [2.05, 4.69) is 20.2 Å². The average Bonchev–Trinajstić information content (AvgIpc) is 2.97. The molecule has 5 nitrogen and oxygen atoms in total. The van der Waals surface area contributed by atoms with Crippen molar-refractivity contribution in [2.75, 3.05) is 33.3 Å². The minimum atomic E-state index is -0.367. The second-order valence-electron chi connectivity index (χ2n) is 5.12. The highest BCUT2D eigenvalue weighted by Gasteiger charge is 2.13. The predicted molar refractivity (Wildman–Crippen MR) is 78.7 cm³/mol. The van der Waals surface area contributed by atoms with Gasteiger partial charge in [0.25, 0.3) is 0 Å². The van der Waals surface area contributed by atoms with Gasteiger partial charge in [0.2, 0.25) is 0 Å². The maximum atomic E-state index is 13.7. The number of aromatic amines is 1. The van der Waals surface area contributed by atoms with Crippen molar-refractivity contribution in [3.8, 4) is 17.0 Å². The van der Waals surface area contributed by atoms with Gasteiger partial charge in [0, 0.05) is 31.7 Å². The van der Waals surface area contributed by atoms with Crippen molar-refractivity contribution in [3.63, 3.8) is 0 Å². The lowest BCUT2D eigenvalue weighted by atomic mass is 10.1. The molecule has 0 amide bonds. The SMILES string of the molecule is COc1ccc(-c2cnc(CN3CCNCC3)[nH]2)cc1F. The fraction of sp³-hybridized carbons (Fsp3) is 0.400. The summed E-state index contributed by atoms with van der Waals surface area (Å²) in [6.07, 6.45) is 1.75. The highest BCUT2D eigenvalue weighted by Crippen LogP contribution is 2.24. The zero-order valence-electron chi connectivity index (χ0n) is 12.0. The molecule has 1 aromatic heterocycles. The van der Waals surface area contributed by atoms with Crippen molar-refractivity contribution in [1.29, 1.82) is 0 Å². The summed E-state index contributed by atoms with van der Waals surface area (Å²) < 4.78 is 18.7. The smallest absolute Gasteiger partial charge is 0.165 e. The standard InChI is InChI=1S/C15H19FN4O/c1-21-14-3-2-11(8-12(14)16)13-9-18-15(19-13)10-20-6-4-17-5-7-20/h2-3,8-9,17H,4-7,10H2,1H3,(H,18,19). The molecule has 0 unspecified atom stereocenters. The Balaban J connectivity index is 1.73. The number of rotatable bonds is 4. The van der Waals surface area contributed by atoms with Gasteiger partial charge in [0.05, 0.1) is 25.5 Å². The Bertz CT molecular complexity index is 607. The van der Waals surface area contributed by atoms with E-state index in [-0.39, 0.29) is 11.6 Å². The zero-order chi connectivity index (χ0) is 14.7. The van der Waals surface area contributed by atoms with E-state index in [0.29, 0.717) is 0 Å². The fourth-order valence-corrected chi connectivity index (χ4v) is 2.50. The monoisotopic (exact) mass is 290 g/mol. The van der Waals surface area contributed by atoms with Crippen molar-refractivity contribution < 1.29 is 9.13 Å². The van der Waals surface area contributed by atoms with Crippen LogP contribution in [0.15, 0.2) is 24.4 Å². The first kappa shape index (κ1) is 14.0. The van der Waals surface area contributed by atoms with Crippen molar-refractivity contribution in [2.45, 2.75) is 6.54 Å². The van der Waals surface area contributed by atoms with Crippen molar-refractivity contribution in [3.05, 3.63) is 36.0 Å². The van der Waals surface area contributed by atoms with Crippen LogP contribution in [0.3, 0.4) is 0 Å². The van der Waals surface area contributed by atoms with Crippen molar-refractivity contribution >= 4 is 0 Å². The first-order valence-electron chi connectivity index (χ1n) is 7.07. The average molecular weight is 290 g/mol. The van der Waals surface area contributed by atoms with Crippen LogP contribution in [0.25, 0.3) is 11.3 Å². The quantitative estimate of drug-likeness (QED) is 0.898. The largest absolute Gasteiger partial charge is 0.494 e. The molecule has 1 aliphatic heterocycles. The molecule has 0 atom stereocenters. The zero-order valence-corrected chi connectivity index (χ0v) is 12.0. The molecular weight excluding hydrogens is 271 g/mol. The Morgan fingerprint density at radius 3 is 2.86 bits per heavy atom. The van der Waals surface area contributed by atoms with Gasteiger partial charge in [-0.3, -0.25) is 4.90 Å². The van der Waals surface area contributed by atoms with E-state index >= 15 is 0 Å². The lowest BCUT2D eigenvalue weighted by Gasteiger charge is -2.26. The third-order valence-electron chi connectivity index (χ3n) is 3.67. The van der Waals surface area contributed by atoms with Crippen LogP contribution in [0, 0.1) is 5.82 Å². The summed E-state index contributed by atoms with van der Waals surface area (Å²) in [5.41, 5.74) is 1.59. The molecule has 3 rings (SSSR count). The van der Waals surface area contributed by atoms with Crippen LogP contribution in [0.2, 0.25) is 0 Å². The van der Waals surface area contributed by atoms with Gasteiger partial charge in [0.1, 0.15) is 5.82 Å². The molecule has 0 radical (unpaired) electrons. The number of nitrogens with zero attached hydrogens (tertiary/aromatic N) is 2. The lowest BCUT2D eigenvalue weighted by Crippen LogP contribution is -2.43. The highest BCUT2D eigenvalue weighted by atomic mass is 19.1. The minimum Gasteiger partial charge on any atom is -0.494 e. The number of hydrogen-bond donors (Lipinski definition) is 2. The van der Waals surface area contributed by atoms with Gasteiger partial charge < -0.3 is 15.0 Å². The van der Waals surface area contributed by atoms with Crippen LogP contribution in [0.1, 0.15) is 5.82 Å². The third-order valence-corrected chi connectivity index (χ3v) is 3.67. The normalized spacial score (nSPS) is 16.1. The van der Waals surface area contributed by atoms with Gasteiger partial charge >= 0.3 is 0 Å². The molecule has 0 saturated carbocycles. The van der Waals surface area contributed by atoms with E-state index in [1.54, 1.807) is 12.3 Å². The molecule has 1 saturated heterocycles. The third kappa shape index (κ3) is 3.22. The molecule has 0 aliphatic carbocycles. The van der Waals surface area contributed by atoms with Crippen LogP contribution >= 0.6 is 0 Å². The van der Waals surface area contributed by atoms with Crippen LogP contribution < -0.4 is 10.1 Å². The second-order valence-corrected chi connectivity index (χ2v) is 5.12. The van der Waals surface area contributed by atoms with Crippen LogP contribution in [-0.2, 0) is 6.54 Å². The topological polar surface area (TPSA) is 53.2 Å². The summed E-state index contributed by atoms with van der Waals surface area (Å²) >= 11 is 0. The number of piperazine rings is 1. The molecule has 1 aliphatic rings. The highest BCUT2D eigenvalue weighted by molar-refractivity contribution is 5.59. The van der Waals surface area contributed by atoms with Crippen molar-refractivity contribution in [1.82, 2.24) is 20.2 Å². The minimum absolute atomic E-state index is 0.249. The number of nitrogens with one attached hydrogen (secondary N) is 2. The number of H-pyrrole nitrogens is 1. The van der Waals surface area contributed by atoms with E-state index in [9.17, 15) is 4.39 Å². The Morgan fingerprint density at radius 1 is 1.33 bits per heavy atom. The number of methoxy groups -OCH3 is 1. The number of halogens is 1. The van der Waals surface area contributed by atoms with Gasteiger partial charge in [-0.15, -0.1) is 0 Å². The number of imidazole rings is 1. The van der Waals surface area contributed by atoms with Gasteiger partial charge in [0.15, 0.2) is 11.6 Å². The summed E-state index contributed by atoms with van der Waals surface area (Å²) in [7, 11) is 1.46. The molecule has 6 heteroatoms. The van der Waals surface area contributed by atoms with Crippen LogP contribution in [-0.4, -0.2) is 48.2 Å². The molecule has 21 heavy (non-hydrogen) atoms. The molecule has 2 heterocycles. The number of hydrogen-bond acceptors (Lipinski definition) is 4. The Kier molecular flexibility index (Phi) is 4.17. The predicted octanol–water partition coefficient (Wildman–Crippen LogP) is 1.63. The Morgan fingerprint density at radius 2 is 2.14 bits per heavy atom. The van der Waals surface area contributed by atoms with E-state index in [0.717, 1.165) is 49.8 Å². The summed E-state index contributed by atoms with van der Waals surface area (Å²) in [6.45, 7) is 4.86. The summed E-state index contributed by atoms with van der Waals surface area (Å²) in [5.74, 6) is 0.788. The number of benzene rings is 1. The van der Waals surface area contributed by atoms with Gasteiger partial charge in [-0.25, -0.2) is 9.37 Å². The number of ether oxygens (including phenoxy) is 1. The van der Waals surface area contributed by atoms with Crippen LogP contribution in [0.5, 0.6) is 5.75 Å². The van der Waals surface area contributed by atoms with E-state index in [1.807, 2.05) is 6.07 Å². The Labute approximate surface area is 123 Å². The molecular formula is C15H19FN4O. The molecule has 1 fully saturated rings. The van der Waals surface area contributed by atoms with E-state index in [1.165, 1.54) is 13.2 Å². The van der Waals surface area contributed by atoms with Gasteiger partial charge in [-0.05, 0) is 18.2 Å². The maximum absolute atomic E-state index is 13.7. The van der Waals surface area contributed by atoms with E-state index < -0.39 is 0 Å². The summed E-state index contributed by atoms with van der Waals surface area (Å²) in [5, 5.41) is 3.32. The first-order valence-corrected chi connectivity index (χ1v) is 7.07. The lowest BCUT2D eigenvalue weighted by molar-refractivity contribution is 0.228. The molecule has 1 aromatic carbocycles. The van der Waals surface area contributed by atoms with Crippen molar-refractivity contribution in [2.24, 2.45) is 0 Å². The fourth-order valence-electron chi connectivity index (χ4n) is 2.50. The molecule has 0 bridgehead atoms. The molecule has 2 N–H and O–H groups in total.